The molecule has 1 aromatic carbocycles. The second-order valence-corrected chi connectivity index (χ2v) is 6.17. The standard InChI is InChI=1S/C17H26N2O2/c1-13(2)16(20)11-18-17(21)15-9-6-10-19(15)12-14-7-4-3-5-8-14/h3-5,7-8,13,15-16,20H,6,9-12H2,1-2H3,(H,18,21). The van der Waals surface area contributed by atoms with Gasteiger partial charge in [-0.25, -0.2) is 0 Å². The summed E-state index contributed by atoms with van der Waals surface area (Å²) >= 11 is 0. The number of likely N-dealkylation sites (tertiary alicyclic amines) is 1. The molecule has 0 radical (unpaired) electrons. The number of nitrogens with one attached hydrogen (secondary N) is 1. The van der Waals surface area contributed by atoms with E-state index in [1.54, 1.807) is 0 Å². The Balaban J connectivity index is 1.87. The highest BCUT2D eigenvalue weighted by atomic mass is 16.3. The quantitative estimate of drug-likeness (QED) is 0.840. The predicted molar refractivity (Wildman–Crippen MR) is 83.7 cm³/mol. The van der Waals surface area contributed by atoms with Crippen LogP contribution in [0.15, 0.2) is 30.3 Å². The number of hydrogen-bond donors (Lipinski definition) is 2. The molecule has 2 rings (SSSR count). The zero-order valence-electron chi connectivity index (χ0n) is 13.0. The molecule has 2 N–H and O–H groups in total. The second-order valence-electron chi connectivity index (χ2n) is 6.17. The molecule has 1 fully saturated rings. The summed E-state index contributed by atoms with van der Waals surface area (Å²) in [6.07, 6.45) is 1.48. The molecule has 1 heterocycles. The van der Waals surface area contributed by atoms with Crippen molar-refractivity contribution in [2.24, 2.45) is 5.92 Å². The lowest BCUT2D eigenvalue weighted by atomic mass is 10.1. The van der Waals surface area contributed by atoms with Crippen LogP contribution >= 0.6 is 0 Å². The number of aliphatic hydroxyl groups excluding tert-OH is 1. The molecule has 2 unspecified atom stereocenters. The summed E-state index contributed by atoms with van der Waals surface area (Å²) in [6.45, 7) is 6.01. The molecule has 2 atom stereocenters. The van der Waals surface area contributed by atoms with Gasteiger partial charge in [0.2, 0.25) is 5.91 Å². The molecule has 1 saturated heterocycles. The van der Waals surface area contributed by atoms with E-state index in [1.807, 2.05) is 32.0 Å². The van der Waals surface area contributed by atoms with E-state index in [-0.39, 0.29) is 17.9 Å². The van der Waals surface area contributed by atoms with Crippen LogP contribution < -0.4 is 5.32 Å². The van der Waals surface area contributed by atoms with E-state index in [2.05, 4.69) is 22.3 Å². The van der Waals surface area contributed by atoms with Crippen molar-refractivity contribution in [1.29, 1.82) is 0 Å². The smallest absolute Gasteiger partial charge is 0.237 e. The Labute approximate surface area is 127 Å². The number of nitrogens with zero attached hydrogens (tertiary/aromatic N) is 1. The fourth-order valence-electron chi connectivity index (χ4n) is 2.69. The van der Waals surface area contributed by atoms with Gasteiger partial charge in [-0.3, -0.25) is 9.69 Å². The summed E-state index contributed by atoms with van der Waals surface area (Å²) in [6, 6.07) is 10.2. The summed E-state index contributed by atoms with van der Waals surface area (Å²) in [4.78, 5) is 14.5. The van der Waals surface area contributed by atoms with Crippen LogP contribution in [0, 0.1) is 5.92 Å². The Kier molecular flexibility index (Phi) is 5.76. The predicted octanol–water partition coefficient (Wildman–Crippen LogP) is 1.78. The molecule has 0 saturated carbocycles. The minimum Gasteiger partial charge on any atom is -0.391 e. The molecule has 0 bridgehead atoms. The maximum absolute atomic E-state index is 12.3. The van der Waals surface area contributed by atoms with Crippen molar-refractivity contribution in [2.75, 3.05) is 13.1 Å². The second kappa shape index (κ2) is 7.57. The molecule has 1 amide bonds. The van der Waals surface area contributed by atoms with Crippen molar-refractivity contribution >= 4 is 5.91 Å². The fourth-order valence-corrected chi connectivity index (χ4v) is 2.69. The highest BCUT2D eigenvalue weighted by Crippen LogP contribution is 2.20. The Morgan fingerprint density at radius 2 is 2.10 bits per heavy atom. The third kappa shape index (κ3) is 4.55. The summed E-state index contributed by atoms with van der Waals surface area (Å²) in [7, 11) is 0. The SMILES string of the molecule is CC(C)C(O)CNC(=O)C1CCCN1Cc1ccccc1. The van der Waals surface area contributed by atoms with E-state index >= 15 is 0 Å². The van der Waals surface area contributed by atoms with E-state index in [1.165, 1.54) is 5.56 Å². The van der Waals surface area contributed by atoms with Crippen molar-refractivity contribution in [2.45, 2.75) is 45.4 Å². The van der Waals surface area contributed by atoms with Crippen molar-refractivity contribution in [3.8, 4) is 0 Å². The molecule has 21 heavy (non-hydrogen) atoms. The fraction of sp³-hybridized carbons (Fsp3) is 0.588. The first-order chi connectivity index (χ1) is 10.1. The van der Waals surface area contributed by atoms with Gasteiger partial charge < -0.3 is 10.4 Å². The number of hydrogen-bond acceptors (Lipinski definition) is 3. The van der Waals surface area contributed by atoms with E-state index in [0.717, 1.165) is 25.9 Å². The van der Waals surface area contributed by atoms with E-state index in [9.17, 15) is 9.90 Å². The average molecular weight is 290 g/mol. The number of carbonyl (C=O) groups excluding carboxylic acids is 1. The average Bonchev–Trinajstić information content (AvgIpc) is 2.93. The van der Waals surface area contributed by atoms with Gasteiger partial charge in [0.05, 0.1) is 12.1 Å². The van der Waals surface area contributed by atoms with Crippen LogP contribution in [-0.2, 0) is 11.3 Å². The third-order valence-electron chi connectivity index (χ3n) is 4.15. The maximum Gasteiger partial charge on any atom is 0.237 e. The van der Waals surface area contributed by atoms with Gasteiger partial charge in [0, 0.05) is 13.1 Å². The van der Waals surface area contributed by atoms with Crippen molar-refractivity contribution in [1.82, 2.24) is 10.2 Å². The summed E-state index contributed by atoms with van der Waals surface area (Å²) in [5.74, 6) is 0.206. The van der Waals surface area contributed by atoms with Crippen LogP contribution in [0.25, 0.3) is 0 Å². The minimum atomic E-state index is -0.474. The Morgan fingerprint density at radius 1 is 1.38 bits per heavy atom. The maximum atomic E-state index is 12.3. The summed E-state index contributed by atoms with van der Waals surface area (Å²) < 4.78 is 0. The van der Waals surface area contributed by atoms with Gasteiger partial charge in [-0.1, -0.05) is 44.2 Å². The van der Waals surface area contributed by atoms with E-state index in [4.69, 9.17) is 0 Å². The van der Waals surface area contributed by atoms with E-state index in [0.29, 0.717) is 6.54 Å². The van der Waals surface area contributed by atoms with Crippen molar-refractivity contribution < 1.29 is 9.90 Å². The number of carbonyl (C=O) groups is 1. The number of aliphatic hydroxyl groups is 1. The number of benzene rings is 1. The molecular weight excluding hydrogens is 264 g/mol. The van der Waals surface area contributed by atoms with Gasteiger partial charge in [-0.2, -0.15) is 0 Å². The molecule has 4 heteroatoms. The van der Waals surface area contributed by atoms with Crippen LogP contribution in [0.1, 0.15) is 32.3 Å². The van der Waals surface area contributed by atoms with E-state index < -0.39 is 6.10 Å². The molecular formula is C17H26N2O2. The third-order valence-corrected chi connectivity index (χ3v) is 4.15. The van der Waals surface area contributed by atoms with Crippen molar-refractivity contribution in [3.05, 3.63) is 35.9 Å². The first-order valence-electron chi connectivity index (χ1n) is 7.81. The normalized spacial score (nSPS) is 20.7. The molecule has 0 aromatic heterocycles. The van der Waals surface area contributed by atoms with Gasteiger partial charge in [-0.15, -0.1) is 0 Å². The van der Waals surface area contributed by atoms with Gasteiger partial charge >= 0.3 is 0 Å². The zero-order valence-corrected chi connectivity index (χ0v) is 13.0. The summed E-state index contributed by atoms with van der Waals surface area (Å²) in [5.41, 5.74) is 1.24. The zero-order chi connectivity index (χ0) is 15.2. The molecule has 1 aliphatic heterocycles. The van der Waals surface area contributed by atoms with Gasteiger partial charge in [0.15, 0.2) is 0 Å². The topological polar surface area (TPSA) is 52.6 Å². The first kappa shape index (κ1) is 16.0. The molecule has 116 valence electrons. The highest BCUT2D eigenvalue weighted by Gasteiger charge is 2.30. The Bertz CT molecular complexity index is 447. The molecule has 1 aliphatic rings. The van der Waals surface area contributed by atoms with Crippen molar-refractivity contribution in [3.63, 3.8) is 0 Å². The minimum absolute atomic E-state index is 0.0446. The van der Waals surface area contributed by atoms with Crippen LogP contribution in [0.2, 0.25) is 0 Å². The van der Waals surface area contributed by atoms with Crippen LogP contribution in [0.5, 0.6) is 0 Å². The number of amides is 1. The Morgan fingerprint density at radius 3 is 2.76 bits per heavy atom. The Hall–Kier alpha value is -1.39. The summed E-state index contributed by atoms with van der Waals surface area (Å²) in [5, 5.41) is 12.7. The lowest BCUT2D eigenvalue weighted by Gasteiger charge is -2.24. The largest absolute Gasteiger partial charge is 0.391 e. The molecule has 1 aromatic rings. The van der Waals surface area contributed by atoms with Gasteiger partial charge in [0.25, 0.3) is 0 Å². The first-order valence-corrected chi connectivity index (χ1v) is 7.81. The van der Waals surface area contributed by atoms with Gasteiger partial charge in [-0.05, 0) is 30.9 Å². The van der Waals surface area contributed by atoms with Gasteiger partial charge in [0.1, 0.15) is 0 Å². The van der Waals surface area contributed by atoms with Crippen LogP contribution in [0.4, 0.5) is 0 Å². The number of rotatable bonds is 6. The molecule has 0 spiro atoms. The lowest BCUT2D eigenvalue weighted by molar-refractivity contribution is -0.126. The van der Waals surface area contributed by atoms with Crippen LogP contribution in [0.3, 0.4) is 0 Å². The lowest BCUT2D eigenvalue weighted by Crippen LogP contribution is -2.45. The molecule has 0 aliphatic carbocycles. The monoisotopic (exact) mass is 290 g/mol. The molecule has 4 nitrogen and oxygen atoms in total. The van der Waals surface area contributed by atoms with Crippen LogP contribution in [-0.4, -0.2) is 41.1 Å². The highest BCUT2D eigenvalue weighted by molar-refractivity contribution is 5.82.